The molecule has 1 aromatic carbocycles. The van der Waals surface area contributed by atoms with E-state index in [0.29, 0.717) is 22.7 Å². The lowest BCUT2D eigenvalue weighted by molar-refractivity contribution is -0.0584. The van der Waals surface area contributed by atoms with Gasteiger partial charge < -0.3 is 14.6 Å². The van der Waals surface area contributed by atoms with Gasteiger partial charge in [0.05, 0.1) is 27.1 Å². The van der Waals surface area contributed by atoms with Gasteiger partial charge >= 0.3 is 5.97 Å². The predicted octanol–water partition coefficient (Wildman–Crippen LogP) is 3.52. The Morgan fingerprint density at radius 1 is 1.34 bits per heavy atom. The average molecular weight is 434 g/mol. The molecule has 1 atom stereocenters. The minimum Gasteiger partial charge on any atom is -0.476 e. The lowest BCUT2D eigenvalue weighted by atomic mass is 10.0. The van der Waals surface area contributed by atoms with Crippen LogP contribution in [0.1, 0.15) is 36.2 Å². The van der Waals surface area contributed by atoms with Crippen LogP contribution in [0.5, 0.6) is 5.75 Å². The molecule has 0 saturated carbocycles. The predicted molar refractivity (Wildman–Crippen MR) is 107 cm³/mol. The van der Waals surface area contributed by atoms with E-state index in [4.69, 9.17) is 9.47 Å². The molecular formula is C19H18N2O6S2. The van der Waals surface area contributed by atoms with Gasteiger partial charge in [-0.3, -0.25) is 0 Å². The third-order valence-electron chi connectivity index (χ3n) is 4.71. The maximum atomic E-state index is 12.7. The van der Waals surface area contributed by atoms with Crippen LogP contribution in [0.25, 0.3) is 16.9 Å². The highest BCUT2D eigenvalue weighted by atomic mass is 32.2. The first kappa shape index (κ1) is 19.6. The highest BCUT2D eigenvalue weighted by molar-refractivity contribution is 7.92. The number of thiophene rings is 1. The molecule has 29 heavy (non-hydrogen) atoms. The molecule has 3 aromatic rings. The normalized spacial score (nSPS) is 15.7. The van der Waals surface area contributed by atoms with Gasteiger partial charge in [-0.2, -0.15) is 16.4 Å². The molecule has 8 nitrogen and oxygen atoms in total. The maximum absolute atomic E-state index is 12.7. The summed E-state index contributed by atoms with van der Waals surface area (Å²) >= 11 is 1.44. The number of methoxy groups -OCH3 is 1. The van der Waals surface area contributed by atoms with Gasteiger partial charge in [-0.25, -0.2) is 17.9 Å². The van der Waals surface area contributed by atoms with Crippen LogP contribution in [0, 0.1) is 0 Å². The first-order valence-corrected chi connectivity index (χ1v) is 11.2. The quantitative estimate of drug-likeness (QED) is 0.654. The number of ether oxygens (including phenoxy) is 2. The van der Waals surface area contributed by atoms with Crippen LogP contribution in [0.3, 0.4) is 0 Å². The van der Waals surface area contributed by atoms with E-state index in [1.54, 1.807) is 26.0 Å². The number of aromatic nitrogens is 2. The number of aromatic carboxylic acids is 1. The number of benzene rings is 1. The highest BCUT2D eigenvalue weighted by Crippen LogP contribution is 2.46. The van der Waals surface area contributed by atoms with Crippen molar-refractivity contribution in [3.63, 3.8) is 0 Å². The molecule has 4 rings (SSSR count). The van der Waals surface area contributed by atoms with Gasteiger partial charge in [0.1, 0.15) is 5.75 Å². The molecule has 0 bridgehead atoms. The Hall–Kier alpha value is -2.69. The first-order chi connectivity index (χ1) is 13.8. The molecule has 152 valence electrons. The molecule has 3 heterocycles. The van der Waals surface area contributed by atoms with Crippen LogP contribution in [0.4, 0.5) is 0 Å². The molecule has 0 radical (unpaired) electrons. The second kappa shape index (κ2) is 6.97. The summed E-state index contributed by atoms with van der Waals surface area (Å²) in [6.45, 7) is 3.21. The third-order valence-corrected chi connectivity index (χ3v) is 7.54. The van der Waals surface area contributed by atoms with Gasteiger partial charge in [0.15, 0.2) is 15.5 Å². The zero-order valence-corrected chi connectivity index (χ0v) is 17.5. The number of carbonyl (C=O) groups is 1. The zero-order valence-electron chi connectivity index (χ0n) is 15.8. The van der Waals surface area contributed by atoms with E-state index in [2.05, 4.69) is 5.10 Å². The largest absolute Gasteiger partial charge is 0.476 e. The molecular weight excluding hydrogens is 416 g/mol. The second-order valence-electron chi connectivity index (χ2n) is 6.75. The van der Waals surface area contributed by atoms with Gasteiger partial charge in [0.2, 0.25) is 6.29 Å². The first-order valence-electron chi connectivity index (χ1n) is 8.72. The number of carboxylic acids is 1. The van der Waals surface area contributed by atoms with E-state index < -0.39 is 27.3 Å². The average Bonchev–Trinajstić information content (AvgIpc) is 3.34. The molecule has 0 amide bonds. The Kier molecular flexibility index (Phi) is 4.72. The monoisotopic (exact) mass is 434 g/mol. The van der Waals surface area contributed by atoms with Crippen molar-refractivity contribution < 1.29 is 27.8 Å². The number of nitrogens with zero attached hydrogens (tertiary/aromatic N) is 2. The summed E-state index contributed by atoms with van der Waals surface area (Å²) in [5, 5.41) is 17.0. The van der Waals surface area contributed by atoms with Crippen molar-refractivity contribution in [2.75, 3.05) is 7.11 Å². The standard InChI is InChI=1S/C19H18N2O6S2/c1-10(2)29(24,25)12-4-5-14-13(8-12)17-15(19(26-3)27-14)16(18(22)23)20-21(17)11-6-7-28-9-11/h4-10,19H,1-3H3,(H,22,23). The van der Waals surface area contributed by atoms with Crippen molar-refractivity contribution in [2.45, 2.75) is 30.3 Å². The second-order valence-corrected chi connectivity index (χ2v) is 10.0. The van der Waals surface area contributed by atoms with E-state index in [-0.39, 0.29) is 16.2 Å². The Morgan fingerprint density at radius 2 is 2.10 bits per heavy atom. The third kappa shape index (κ3) is 3.04. The van der Waals surface area contributed by atoms with Gasteiger partial charge in [0, 0.05) is 18.1 Å². The van der Waals surface area contributed by atoms with Crippen molar-refractivity contribution in [2.24, 2.45) is 0 Å². The Bertz CT molecular complexity index is 1200. The Labute approximate surface area is 171 Å². The minimum absolute atomic E-state index is 0.131. The van der Waals surface area contributed by atoms with Gasteiger partial charge in [0.25, 0.3) is 0 Å². The number of fused-ring (bicyclic) bond motifs is 3. The van der Waals surface area contributed by atoms with E-state index >= 15 is 0 Å². The maximum Gasteiger partial charge on any atom is 0.356 e. The fourth-order valence-corrected chi connectivity index (χ4v) is 4.92. The smallest absolute Gasteiger partial charge is 0.356 e. The van der Waals surface area contributed by atoms with Crippen LogP contribution in [0.2, 0.25) is 0 Å². The Balaban J connectivity index is 2.05. The minimum atomic E-state index is -3.54. The molecule has 0 fully saturated rings. The molecule has 0 spiro atoms. The summed E-state index contributed by atoms with van der Waals surface area (Å²) in [5.41, 5.74) is 1.59. The van der Waals surface area contributed by atoms with Crippen molar-refractivity contribution in [3.8, 4) is 22.7 Å². The molecule has 1 aliphatic rings. The van der Waals surface area contributed by atoms with Crippen LogP contribution in [-0.4, -0.2) is 41.6 Å². The molecule has 0 aliphatic carbocycles. The van der Waals surface area contributed by atoms with E-state index in [9.17, 15) is 18.3 Å². The molecule has 1 aliphatic heterocycles. The van der Waals surface area contributed by atoms with Crippen molar-refractivity contribution in [1.29, 1.82) is 0 Å². The fourth-order valence-electron chi connectivity index (χ4n) is 3.22. The Morgan fingerprint density at radius 3 is 2.69 bits per heavy atom. The van der Waals surface area contributed by atoms with E-state index in [1.807, 2.05) is 10.8 Å². The summed E-state index contributed by atoms with van der Waals surface area (Å²) in [4.78, 5) is 12.0. The number of rotatable bonds is 5. The van der Waals surface area contributed by atoms with Crippen molar-refractivity contribution in [1.82, 2.24) is 9.78 Å². The molecule has 10 heteroatoms. The number of hydrogen-bond acceptors (Lipinski definition) is 7. The van der Waals surface area contributed by atoms with E-state index in [1.165, 1.54) is 35.3 Å². The van der Waals surface area contributed by atoms with Crippen molar-refractivity contribution in [3.05, 3.63) is 46.3 Å². The molecule has 1 unspecified atom stereocenters. The van der Waals surface area contributed by atoms with Gasteiger partial charge in [-0.1, -0.05) is 0 Å². The lowest BCUT2D eigenvalue weighted by Gasteiger charge is -2.26. The lowest BCUT2D eigenvalue weighted by Crippen LogP contribution is -2.19. The zero-order chi connectivity index (χ0) is 20.9. The van der Waals surface area contributed by atoms with E-state index in [0.717, 1.165) is 0 Å². The number of hydrogen-bond donors (Lipinski definition) is 1. The van der Waals surface area contributed by atoms with Crippen LogP contribution >= 0.6 is 11.3 Å². The fraction of sp³-hybridized carbons (Fsp3) is 0.263. The van der Waals surface area contributed by atoms with Gasteiger partial charge in [-0.15, -0.1) is 0 Å². The molecule has 2 aromatic heterocycles. The summed E-state index contributed by atoms with van der Waals surface area (Å²) in [7, 11) is -2.13. The van der Waals surface area contributed by atoms with Crippen LogP contribution < -0.4 is 4.74 Å². The van der Waals surface area contributed by atoms with Crippen LogP contribution in [-0.2, 0) is 14.6 Å². The summed E-state index contributed by atoms with van der Waals surface area (Å²) in [6.07, 6.45) is -0.983. The summed E-state index contributed by atoms with van der Waals surface area (Å²) in [5.74, 6) is -0.837. The highest BCUT2D eigenvalue weighted by Gasteiger charge is 2.37. The number of sulfone groups is 1. The summed E-state index contributed by atoms with van der Waals surface area (Å²) in [6, 6.07) is 6.35. The van der Waals surface area contributed by atoms with Gasteiger partial charge in [-0.05, 0) is 43.5 Å². The topological polar surface area (TPSA) is 108 Å². The molecule has 0 saturated heterocycles. The number of carboxylic acid groups (broad SMARTS) is 1. The summed E-state index contributed by atoms with van der Waals surface area (Å²) < 4.78 is 38.1. The van der Waals surface area contributed by atoms with Crippen molar-refractivity contribution >= 4 is 27.1 Å². The SMILES string of the molecule is COC1Oc2ccc(S(=O)(=O)C(C)C)cc2-c2c1c(C(=O)O)nn2-c1ccsc1. The molecule has 1 N–H and O–H groups in total. The van der Waals surface area contributed by atoms with Crippen LogP contribution in [0.15, 0.2) is 39.9 Å².